The highest BCUT2D eigenvalue weighted by Crippen LogP contribution is 2.34. The van der Waals surface area contributed by atoms with Gasteiger partial charge in [0.1, 0.15) is 25.7 Å². The first-order chi connectivity index (χ1) is 13.0. The van der Waals surface area contributed by atoms with E-state index >= 15 is 0 Å². The van der Waals surface area contributed by atoms with Crippen LogP contribution in [0.25, 0.3) is 0 Å². The van der Waals surface area contributed by atoms with E-state index in [0.29, 0.717) is 12.1 Å². The van der Waals surface area contributed by atoms with Crippen LogP contribution in [0.1, 0.15) is 6.42 Å². The highest BCUT2D eigenvalue weighted by atomic mass is 35.5. The summed E-state index contributed by atoms with van der Waals surface area (Å²) >= 11 is 0. The summed E-state index contributed by atoms with van der Waals surface area (Å²) in [5.41, 5.74) is 8.06. The van der Waals surface area contributed by atoms with E-state index in [4.69, 9.17) is 5.73 Å². The van der Waals surface area contributed by atoms with Crippen LogP contribution in [-0.2, 0) is 0 Å². The van der Waals surface area contributed by atoms with Crippen LogP contribution < -0.4 is 35.4 Å². The maximum Gasteiger partial charge on any atom is 0.113 e. The summed E-state index contributed by atoms with van der Waals surface area (Å²) in [7, 11) is 4.71. The summed E-state index contributed by atoms with van der Waals surface area (Å²) < 4.78 is 1.97. The topological polar surface area (TPSA) is 29.3 Å². The molecule has 4 rings (SSSR count). The van der Waals surface area contributed by atoms with Crippen LogP contribution in [0.4, 0.5) is 11.4 Å². The summed E-state index contributed by atoms with van der Waals surface area (Å²) in [6.45, 7) is 4.37. The van der Waals surface area contributed by atoms with Crippen molar-refractivity contribution in [2.24, 2.45) is 0 Å². The molecule has 2 N–H and O–H groups in total. The van der Waals surface area contributed by atoms with Crippen LogP contribution in [0.3, 0.4) is 0 Å². The largest absolute Gasteiger partial charge is 1.00 e. The predicted molar refractivity (Wildman–Crippen MR) is 114 cm³/mol. The molecule has 1 aromatic carbocycles. The van der Waals surface area contributed by atoms with Crippen molar-refractivity contribution in [2.75, 3.05) is 50.9 Å². The van der Waals surface area contributed by atoms with E-state index < -0.39 is 0 Å². The fraction of sp³-hybridized carbons (Fsp3) is 0.391. The van der Waals surface area contributed by atoms with Crippen LogP contribution in [0.15, 0.2) is 73.1 Å². The van der Waals surface area contributed by atoms with Crippen molar-refractivity contribution < 1.29 is 33.8 Å². The quantitative estimate of drug-likeness (QED) is 0.412. The second-order valence-electron chi connectivity index (χ2n) is 8.70. The van der Waals surface area contributed by atoms with E-state index in [9.17, 15) is 0 Å². The average molecular weight is 435 g/mol. The zero-order valence-corrected chi connectivity index (χ0v) is 18.8. The number of hydrogen-bond acceptors (Lipinski definition) is 2. The summed E-state index contributed by atoms with van der Waals surface area (Å²) in [6, 6.07) is 9.54. The summed E-state index contributed by atoms with van der Waals surface area (Å²) in [5, 5.41) is 0. The molecule has 0 aromatic heterocycles. The van der Waals surface area contributed by atoms with Gasteiger partial charge in [0.05, 0.1) is 39.1 Å². The van der Waals surface area contributed by atoms with Crippen molar-refractivity contribution in [3.8, 4) is 0 Å². The van der Waals surface area contributed by atoms with E-state index in [0.717, 1.165) is 40.8 Å². The van der Waals surface area contributed by atoms with Crippen LogP contribution in [0, 0.1) is 0 Å². The molecule has 1 aromatic rings. The number of likely N-dealkylation sites (N-methyl/N-ethyl adjacent to an activating group) is 2. The van der Waals surface area contributed by atoms with Gasteiger partial charge >= 0.3 is 0 Å². The van der Waals surface area contributed by atoms with Gasteiger partial charge < -0.3 is 35.4 Å². The molecule has 3 aliphatic rings. The molecule has 6 heteroatoms. The number of benzene rings is 1. The molecule has 3 aliphatic heterocycles. The number of nitrogen functional groups attached to an aromatic ring is 1. The number of nitrogens with zero attached hydrogens (tertiary/aromatic N) is 3. The molecule has 0 aliphatic carbocycles. The number of hydrogen-bond donors (Lipinski definition) is 1. The minimum Gasteiger partial charge on any atom is -1.00 e. The molecule has 1 fully saturated rings. The number of nitrogens with two attached hydrogens (primary N) is 1. The lowest BCUT2D eigenvalue weighted by Gasteiger charge is -2.36. The van der Waals surface area contributed by atoms with Crippen molar-refractivity contribution in [3.63, 3.8) is 0 Å². The molecule has 4 atom stereocenters. The molecule has 0 saturated carbocycles. The van der Waals surface area contributed by atoms with Gasteiger partial charge in [-0.1, -0.05) is 12.2 Å². The van der Waals surface area contributed by atoms with Crippen molar-refractivity contribution in [2.45, 2.75) is 18.5 Å². The van der Waals surface area contributed by atoms with Crippen molar-refractivity contribution in [1.82, 2.24) is 0 Å². The Kier molecular flexibility index (Phi) is 7.63. The highest BCUT2D eigenvalue weighted by Gasteiger charge is 2.44. The fourth-order valence-electron chi connectivity index (χ4n) is 4.73. The lowest BCUT2D eigenvalue weighted by molar-refractivity contribution is -0.878. The molecule has 0 spiro atoms. The van der Waals surface area contributed by atoms with Crippen LogP contribution in [-0.4, -0.2) is 61.3 Å². The zero-order valence-electron chi connectivity index (χ0n) is 17.3. The third-order valence-corrected chi connectivity index (χ3v) is 6.47. The SMILES string of the molecule is C[N+]1(CC2CC([N+]3(C)C=CC=CC3)CN2c2ccc(N)cc2)C=CC=CC1.[Cl-].[Cl-]. The first-order valence-corrected chi connectivity index (χ1v) is 9.98. The van der Waals surface area contributed by atoms with Crippen LogP contribution in [0.5, 0.6) is 0 Å². The number of allylic oxidation sites excluding steroid dienone is 4. The van der Waals surface area contributed by atoms with Gasteiger partial charge in [-0.3, -0.25) is 8.97 Å². The van der Waals surface area contributed by atoms with Crippen molar-refractivity contribution in [1.29, 1.82) is 0 Å². The Hall–Kier alpha value is -1.72. The van der Waals surface area contributed by atoms with E-state index in [1.165, 1.54) is 12.1 Å². The molecular weight excluding hydrogens is 403 g/mol. The third-order valence-electron chi connectivity index (χ3n) is 6.47. The Balaban J connectivity index is 0.00000150. The van der Waals surface area contributed by atoms with E-state index in [2.05, 4.69) is 80.0 Å². The Bertz CT molecular complexity index is 802. The van der Waals surface area contributed by atoms with Gasteiger partial charge in [0.15, 0.2) is 0 Å². The Morgan fingerprint density at radius 1 is 0.931 bits per heavy atom. The van der Waals surface area contributed by atoms with Gasteiger partial charge in [0.2, 0.25) is 0 Å². The minimum atomic E-state index is 0. The molecule has 0 amide bonds. The minimum absolute atomic E-state index is 0. The van der Waals surface area contributed by atoms with E-state index in [1.54, 1.807) is 0 Å². The summed E-state index contributed by atoms with van der Waals surface area (Å²) in [4.78, 5) is 2.62. The maximum absolute atomic E-state index is 5.94. The molecule has 0 bridgehead atoms. The average Bonchev–Trinajstić information content (AvgIpc) is 3.07. The monoisotopic (exact) mass is 434 g/mol. The normalized spacial score (nSPS) is 32.7. The zero-order chi connectivity index (χ0) is 18.9. The fourth-order valence-corrected chi connectivity index (χ4v) is 4.73. The molecule has 1 saturated heterocycles. The second-order valence-corrected chi connectivity index (χ2v) is 8.70. The van der Waals surface area contributed by atoms with Gasteiger partial charge in [0, 0.05) is 17.8 Å². The molecule has 4 nitrogen and oxygen atoms in total. The summed E-state index contributed by atoms with van der Waals surface area (Å²) in [5.74, 6) is 0. The van der Waals surface area contributed by atoms with Crippen molar-refractivity contribution in [3.05, 3.63) is 73.1 Å². The third kappa shape index (κ3) is 5.07. The lowest BCUT2D eigenvalue weighted by atomic mass is 10.1. The van der Waals surface area contributed by atoms with Crippen LogP contribution in [0.2, 0.25) is 0 Å². The molecule has 4 unspecified atom stereocenters. The van der Waals surface area contributed by atoms with E-state index in [1.807, 2.05) is 12.1 Å². The molecular formula is C23H32Cl2N4. The predicted octanol–water partition coefficient (Wildman–Crippen LogP) is -2.72. The number of halogens is 2. The Morgan fingerprint density at radius 3 is 2.17 bits per heavy atom. The number of rotatable bonds is 4. The van der Waals surface area contributed by atoms with Crippen LogP contribution >= 0.6 is 0 Å². The second kappa shape index (κ2) is 9.40. The molecule has 0 radical (unpaired) electrons. The van der Waals surface area contributed by atoms with Gasteiger partial charge in [-0.2, -0.15) is 0 Å². The highest BCUT2D eigenvalue weighted by molar-refractivity contribution is 5.54. The maximum atomic E-state index is 5.94. The first-order valence-electron chi connectivity index (χ1n) is 9.98. The molecule has 3 heterocycles. The number of quaternary nitrogens is 2. The Morgan fingerprint density at radius 2 is 1.59 bits per heavy atom. The smallest absolute Gasteiger partial charge is 0.113 e. The first kappa shape index (κ1) is 23.6. The van der Waals surface area contributed by atoms with Gasteiger partial charge in [-0.15, -0.1) is 0 Å². The van der Waals surface area contributed by atoms with Gasteiger partial charge in [-0.05, 0) is 48.6 Å². The summed E-state index contributed by atoms with van der Waals surface area (Å²) in [6.07, 6.45) is 19.2. The standard InChI is InChI=1S/C23H32N4.2ClH/c1-26(13-5-3-6-14-26)19-22-17-23(27(2)15-7-4-8-16-27)18-25(22)21-11-9-20(24)10-12-21;;/h3-13,15,22-23H,14,16-19,24H2,1-2H3;2*1H/q+2;;/p-2. The number of anilines is 2. The van der Waals surface area contributed by atoms with Crippen molar-refractivity contribution >= 4 is 11.4 Å². The molecule has 158 valence electrons. The lowest BCUT2D eigenvalue weighted by Crippen LogP contribution is -3.00. The Labute approximate surface area is 187 Å². The molecule has 29 heavy (non-hydrogen) atoms. The van der Waals surface area contributed by atoms with Gasteiger partial charge in [-0.25, -0.2) is 0 Å². The van der Waals surface area contributed by atoms with E-state index in [-0.39, 0.29) is 24.8 Å². The van der Waals surface area contributed by atoms with Gasteiger partial charge in [0.25, 0.3) is 0 Å².